The lowest BCUT2D eigenvalue weighted by Gasteiger charge is -2.38. The lowest BCUT2D eigenvalue weighted by atomic mass is 10.1. The summed E-state index contributed by atoms with van der Waals surface area (Å²) in [6, 6.07) is 19.2. The number of hydrogen-bond acceptors (Lipinski definition) is 3. The molecule has 1 aliphatic heterocycles. The lowest BCUT2D eigenvalue weighted by molar-refractivity contribution is -0.139. The fourth-order valence-corrected chi connectivity index (χ4v) is 3.01. The first-order valence-electron chi connectivity index (χ1n) is 8.22. The molecule has 0 atom stereocenters. The summed E-state index contributed by atoms with van der Waals surface area (Å²) in [6.07, 6.45) is 0.390. The van der Waals surface area contributed by atoms with Gasteiger partial charge in [-0.3, -0.25) is 4.79 Å². The summed E-state index contributed by atoms with van der Waals surface area (Å²) >= 11 is 5.86. The van der Waals surface area contributed by atoms with Crippen LogP contribution in [0.4, 0.5) is 0 Å². The minimum Gasteiger partial charge on any atom is -0.471 e. The third-order valence-corrected chi connectivity index (χ3v) is 4.58. The highest BCUT2D eigenvalue weighted by Crippen LogP contribution is 2.21. The number of aromatic nitrogens is 1. The first-order chi connectivity index (χ1) is 12.2. The fraction of sp³-hybridized carbons (Fsp3) is 0.200. The van der Waals surface area contributed by atoms with Crippen molar-refractivity contribution in [1.29, 1.82) is 0 Å². The number of carbonyl (C=O) groups is 1. The molecule has 1 fully saturated rings. The summed E-state index contributed by atoms with van der Waals surface area (Å²) in [5, 5.41) is 1.76. The molecule has 2 heterocycles. The molecular weight excluding hydrogens is 336 g/mol. The number of hydrogen-bond donors (Lipinski definition) is 0. The van der Waals surface area contributed by atoms with E-state index in [0.29, 0.717) is 30.4 Å². The van der Waals surface area contributed by atoms with Gasteiger partial charge in [0.1, 0.15) is 6.10 Å². The van der Waals surface area contributed by atoms with E-state index in [2.05, 4.69) is 4.98 Å². The largest absolute Gasteiger partial charge is 0.471 e. The number of likely N-dealkylation sites (tertiary alicyclic amines) is 1. The van der Waals surface area contributed by atoms with Crippen molar-refractivity contribution in [2.45, 2.75) is 12.5 Å². The van der Waals surface area contributed by atoms with Crippen LogP contribution in [0.1, 0.15) is 5.56 Å². The number of benzene rings is 2. The number of rotatable bonds is 4. The molecule has 4 nitrogen and oxygen atoms in total. The molecule has 0 saturated carbocycles. The van der Waals surface area contributed by atoms with Crippen LogP contribution in [0.25, 0.3) is 10.9 Å². The molecule has 0 spiro atoms. The number of para-hydroxylation sites is 1. The monoisotopic (exact) mass is 352 g/mol. The van der Waals surface area contributed by atoms with Crippen molar-refractivity contribution in [3.63, 3.8) is 0 Å². The van der Waals surface area contributed by atoms with Crippen LogP contribution >= 0.6 is 11.6 Å². The van der Waals surface area contributed by atoms with Crippen molar-refractivity contribution in [3.8, 4) is 5.88 Å². The molecule has 0 aliphatic carbocycles. The molecule has 1 aliphatic rings. The fourth-order valence-electron chi connectivity index (χ4n) is 2.89. The van der Waals surface area contributed by atoms with E-state index in [1.165, 1.54) is 0 Å². The second-order valence-corrected chi connectivity index (χ2v) is 6.62. The van der Waals surface area contributed by atoms with Crippen molar-refractivity contribution in [3.05, 3.63) is 71.2 Å². The van der Waals surface area contributed by atoms with Crippen molar-refractivity contribution in [1.82, 2.24) is 9.88 Å². The molecule has 0 bridgehead atoms. The Morgan fingerprint density at radius 2 is 1.84 bits per heavy atom. The molecule has 0 unspecified atom stereocenters. The Morgan fingerprint density at radius 3 is 2.64 bits per heavy atom. The average Bonchev–Trinajstić information content (AvgIpc) is 2.59. The van der Waals surface area contributed by atoms with E-state index in [9.17, 15) is 4.79 Å². The summed E-state index contributed by atoms with van der Waals surface area (Å²) in [6.45, 7) is 1.20. The van der Waals surface area contributed by atoms with E-state index in [1.54, 1.807) is 17.0 Å². The number of ether oxygens (including phenoxy) is 1. The van der Waals surface area contributed by atoms with Gasteiger partial charge in [-0.25, -0.2) is 4.98 Å². The molecule has 5 heteroatoms. The van der Waals surface area contributed by atoms with Crippen molar-refractivity contribution < 1.29 is 9.53 Å². The maximum atomic E-state index is 12.3. The smallest absolute Gasteiger partial charge is 0.227 e. The zero-order valence-corrected chi connectivity index (χ0v) is 14.3. The van der Waals surface area contributed by atoms with E-state index in [1.807, 2.05) is 48.5 Å². The molecule has 0 N–H and O–H groups in total. The Labute approximate surface area is 151 Å². The Kier molecular flexibility index (Phi) is 4.28. The molecule has 1 amide bonds. The van der Waals surface area contributed by atoms with Gasteiger partial charge in [0, 0.05) is 16.5 Å². The van der Waals surface area contributed by atoms with Crippen molar-refractivity contribution in [2.75, 3.05) is 13.1 Å². The summed E-state index contributed by atoms with van der Waals surface area (Å²) in [5.74, 6) is 0.710. The number of carbonyl (C=O) groups excluding carboxylic acids is 1. The summed E-state index contributed by atoms with van der Waals surface area (Å²) in [7, 11) is 0. The van der Waals surface area contributed by atoms with Gasteiger partial charge in [0.15, 0.2) is 0 Å². The molecular formula is C20H17ClN2O2. The van der Waals surface area contributed by atoms with E-state index >= 15 is 0 Å². The zero-order valence-electron chi connectivity index (χ0n) is 13.6. The zero-order chi connectivity index (χ0) is 17.2. The van der Waals surface area contributed by atoms with Gasteiger partial charge in [0.2, 0.25) is 11.8 Å². The number of pyridine rings is 1. The average molecular weight is 353 g/mol. The van der Waals surface area contributed by atoms with Crippen LogP contribution in [-0.2, 0) is 11.2 Å². The standard InChI is InChI=1S/C20H17ClN2O2/c21-16-8-5-14(6-9-16)11-20(24)23-12-17(13-23)25-19-10-7-15-3-1-2-4-18(15)22-19/h1-10,17H,11-13H2. The SMILES string of the molecule is O=C(Cc1ccc(Cl)cc1)N1CC(Oc2ccc3ccccc3n2)C1. The maximum absolute atomic E-state index is 12.3. The summed E-state index contributed by atoms with van der Waals surface area (Å²) in [5.41, 5.74) is 1.88. The molecule has 1 saturated heterocycles. The van der Waals surface area contributed by atoms with Gasteiger partial charge < -0.3 is 9.64 Å². The van der Waals surface area contributed by atoms with E-state index in [4.69, 9.17) is 16.3 Å². The topological polar surface area (TPSA) is 42.4 Å². The van der Waals surface area contributed by atoms with Crippen molar-refractivity contribution >= 4 is 28.4 Å². The van der Waals surface area contributed by atoms with E-state index in [0.717, 1.165) is 16.5 Å². The summed E-state index contributed by atoms with van der Waals surface area (Å²) in [4.78, 5) is 18.6. The van der Waals surface area contributed by atoms with Crippen molar-refractivity contribution in [2.24, 2.45) is 0 Å². The Hall–Kier alpha value is -2.59. The molecule has 126 valence electrons. The van der Waals surface area contributed by atoms with Crippen LogP contribution in [0.2, 0.25) is 5.02 Å². The highest BCUT2D eigenvalue weighted by Gasteiger charge is 2.32. The highest BCUT2D eigenvalue weighted by atomic mass is 35.5. The van der Waals surface area contributed by atoms with Crippen LogP contribution in [0, 0.1) is 0 Å². The molecule has 4 rings (SSSR count). The number of halogens is 1. The van der Waals surface area contributed by atoms with Gasteiger partial charge in [0.05, 0.1) is 25.0 Å². The number of nitrogens with zero attached hydrogens (tertiary/aromatic N) is 2. The van der Waals surface area contributed by atoms with Gasteiger partial charge >= 0.3 is 0 Å². The van der Waals surface area contributed by atoms with Crippen LogP contribution in [-0.4, -0.2) is 35.0 Å². The third-order valence-electron chi connectivity index (χ3n) is 4.33. The van der Waals surface area contributed by atoms with Crippen LogP contribution in [0.5, 0.6) is 5.88 Å². The third kappa shape index (κ3) is 3.59. The Morgan fingerprint density at radius 1 is 1.08 bits per heavy atom. The Bertz CT molecular complexity index is 905. The normalized spacial score (nSPS) is 14.4. The Balaban J connectivity index is 1.32. The summed E-state index contributed by atoms with van der Waals surface area (Å²) < 4.78 is 5.88. The number of fused-ring (bicyclic) bond motifs is 1. The van der Waals surface area contributed by atoms with Gasteiger partial charge in [-0.2, -0.15) is 0 Å². The minimum atomic E-state index is 0.00262. The second-order valence-electron chi connectivity index (χ2n) is 6.18. The molecule has 25 heavy (non-hydrogen) atoms. The quantitative estimate of drug-likeness (QED) is 0.718. The molecule has 1 aromatic heterocycles. The van der Waals surface area contributed by atoms with Gasteiger partial charge in [-0.15, -0.1) is 0 Å². The highest BCUT2D eigenvalue weighted by molar-refractivity contribution is 6.30. The second kappa shape index (κ2) is 6.73. The van der Waals surface area contributed by atoms with E-state index < -0.39 is 0 Å². The van der Waals surface area contributed by atoms with Crippen LogP contribution in [0.3, 0.4) is 0 Å². The predicted octanol–water partition coefficient (Wildman–Crippen LogP) is 3.72. The lowest BCUT2D eigenvalue weighted by Crippen LogP contribution is -2.56. The molecule has 2 aromatic carbocycles. The maximum Gasteiger partial charge on any atom is 0.227 e. The van der Waals surface area contributed by atoms with E-state index in [-0.39, 0.29) is 12.0 Å². The first-order valence-corrected chi connectivity index (χ1v) is 8.60. The minimum absolute atomic E-state index is 0.00262. The predicted molar refractivity (Wildman–Crippen MR) is 97.9 cm³/mol. The number of amides is 1. The van der Waals surface area contributed by atoms with Gasteiger partial charge in [-0.1, -0.05) is 41.9 Å². The molecule has 0 radical (unpaired) electrons. The van der Waals surface area contributed by atoms with Crippen LogP contribution in [0.15, 0.2) is 60.7 Å². The van der Waals surface area contributed by atoms with Gasteiger partial charge in [-0.05, 0) is 29.8 Å². The van der Waals surface area contributed by atoms with Gasteiger partial charge in [0.25, 0.3) is 0 Å². The van der Waals surface area contributed by atoms with Crippen LogP contribution < -0.4 is 4.74 Å². The molecule has 3 aromatic rings. The first kappa shape index (κ1) is 15.9.